The molecule has 0 saturated heterocycles. The SMILES string of the molecule is CC(=O)c1cccc(N(/C=C/C(=O)C(F)(F)F)CC(=O)c2ccc(F)cc2)c1. The van der Waals surface area contributed by atoms with Crippen LogP contribution < -0.4 is 4.90 Å². The maximum atomic E-state index is 13.0. The van der Waals surface area contributed by atoms with Gasteiger partial charge < -0.3 is 4.90 Å². The smallest absolute Gasteiger partial charge is 0.340 e. The molecule has 2 aromatic carbocycles. The summed E-state index contributed by atoms with van der Waals surface area (Å²) in [5, 5.41) is 0. The zero-order chi connectivity index (χ0) is 20.9. The Morgan fingerprint density at radius 2 is 1.64 bits per heavy atom. The molecule has 2 rings (SSSR count). The number of nitrogens with zero attached hydrogens (tertiary/aromatic N) is 1. The minimum atomic E-state index is -5.05. The molecule has 2 aromatic rings. The summed E-state index contributed by atoms with van der Waals surface area (Å²) >= 11 is 0. The van der Waals surface area contributed by atoms with Crippen LogP contribution in [0.1, 0.15) is 27.6 Å². The molecule has 0 aliphatic rings. The Morgan fingerprint density at radius 3 is 2.21 bits per heavy atom. The lowest BCUT2D eigenvalue weighted by molar-refractivity contribution is -0.165. The number of anilines is 1. The van der Waals surface area contributed by atoms with Crippen molar-refractivity contribution in [2.45, 2.75) is 13.1 Å². The van der Waals surface area contributed by atoms with E-state index < -0.39 is 30.1 Å². The summed E-state index contributed by atoms with van der Waals surface area (Å²) in [5.41, 5.74) is 0.673. The average Bonchev–Trinajstić information content (AvgIpc) is 2.64. The van der Waals surface area contributed by atoms with Gasteiger partial charge >= 0.3 is 6.18 Å². The Bertz CT molecular complexity index is 918. The summed E-state index contributed by atoms with van der Waals surface area (Å²) in [6, 6.07) is 10.5. The lowest BCUT2D eigenvalue weighted by atomic mass is 10.1. The van der Waals surface area contributed by atoms with Gasteiger partial charge in [0.2, 0.25) is 0 Å². The summed E-state index contributed by atoms with van der Waals surface area (Å²) in [6.07, 6.45) is -3.92. The Kier molecular flexibility index (Phi) is 6.45. The van der Waals surface area contributed by atoms with Gasteiger partial charge in [0.25, 0.3) is 5.78 Å². The second-order valence-corrected chi connectivity index (χ2v) is 5.84. The molecule has 0 heterocycles. The molecule has 0 radical (unpaired) electrons. The fourth-order valence-corrected chi connectivity index (χ4v) is 2.27. The fourth-order valence-electron chi connectivity index (χ4n) is 2.27. The summed E-state index contributed by atoms with van der Waals surface area (Å²) in [6.45, 7) is 0.894. The van der Waals surface area contributed by atoms with Crippen molar-refractivity contribution in [2.75, 3.05) is 11.4 Å². The van der Waals surface area contributed by atoms with Crippen molar-refractivity contribution in [1.29, 1.82) is 0 Å². The molecule has 28 heavy (non-hydrogen) atoms. The first-order valence-electron chi connectivity index (χ1n) is 8.03. The second-order valence-electron chi connectivity index (χ2n) is 5.84. The van der Waals surface area contributed by atoms with Gasteiger partial charge in [0, 0.05) is 29.1 Å². The number of carbonyl (C=O) groups excluding carboxylic acids is 3. The Labute approximate surface area is 158 Å². The highest BCUT2D eigenvalue weighted by Crippen LogP contribution is 2.20. The van der Waals surface area contributed by atoms with Gasteiger partial charge in [-0.1, -0.05) is 12.1 Å². The van der Waals surface area contributed by atoms with Gasteiger partial charge in [-0.2, -0.15) is 13.2 Å². The molecule has 0 amide bonds. The van der Waals surface area contributed by atoms with Crippen LogP contribution in [0, 0.1) is 5.82 Å². The molecule has 0 atom stereocenters. The quantitative estimate of drug-likeness (QED) is 0.398. The Balaban J connectivity index is 2.35. The third-order valence-corrected chi connectivity index (χ3v) is 3.75. The van der Waals surface area contributed by atoms with Crippen LogP contribution in [-0.2, 0) is 4.79 Å². The maximum Gasteiger partial charge on any atom is 0.454 e. The number of allylic oxidation sites excluding steroid dienone is 1. The van der Waals surface area contributed by atoms with E-state index in [2.05, 4.69) is 0 Å². The van der Waals surface area contributed by atoms with Gasteiger partial charge in [-0.05, 0) is 43.3 Å². The number of Topliss-reactive ketones (excluding diaryl/α,β-unsaturated/α-hetero) is 2. The molecule has 0 fully saturated rings. The van der Waals surface area contributed by atoms with Gasteiger partial charge in [-0.3, -0.25) is 14.4 Å². The number of benzene rings is 2. The zero-order valence-corrected chi connectivity index (χ0v) is 14.7. The van der Waals surface area contributed by atoms with Gasteiger partial charge in [-0.25, -0.2) is 4.39 Å². The minimum absolute atomic E-state index is 0.143. The summed E-state index contributed by atoms with van der Waals surface area (Å²) in [5.74, 6) is -3.42. The minimum Gasteiger partial charge on any atom is -0.340 e. The van der Waals surface area contributed by atoms with E-state index in [9.17, 15) is 31.9 Å². The number of halogens is 4. The highest BCUT2D eigenvalue weighted by molar-refractivity contribution is 6.00. The number of alkyl halides is 3. The van der Waals surface area contributed by atoms with Crippen LogP contribution in [0.15, 0.2) is 60.8 Å². The third-order valence-electron chi connectivity index (χ3n) is 3.75. The van der Waals surface area contributed by atoms with E-state index in [1.54, 1.807) is 0 Å². The first-order chi connectivity index (χ1) is 13.1. The molecule has 0 aromatic heterocycles. The van der Waals surface area contributed by atoms with Crippen LogP contribution in [0.5, 0.6) is 0 Å². The van der Waals surface area contributed by atoms with Gasteiger partial charge in [-0.15, -0.1) is 0 Å². The molecule has 146 valence electrons. The van der Waals surface area contributed by atoms with Crippen LogP contribution in [0.3, 0.4) is 0 Å². The standard InChI is InChI=1S/C20H15F4NO3/c1-13(26)15-3-2-4-17(11-15)25(10-9-19(28)20(22,23)24)12-18(27)14-5-7-16(21)8-6-14/h2-11H,12H2,1H3/b10-9+. The first-order valence-corrected chi connectivity index (χ1v) is 8.03. The van der Waals surface area contributed by atoms with Crippen LogP contribution in [0.4, 0.5) is 23.2 Å². The Hall–Kier alpha value is -3.29. The van der Waals surface area contributed by atoms with E-state index in [-0.39, 0.29) is 22.6 Å². The molecule has 8 heteroatoms. The van der Waals surface area contributed by atoms with Crippen molar-refractivity contribution >= 4 is 23.0 Å². The van der Waals surface area contributed by atoms with Crippen LogP contribution in [-0.4, -0.2) is 30.1 Å². The van der Waals surface area contributed by atoms with Crippen molar-refractivity contribution < 1.29 is 31.9 Å². The number of ketones is 3. The van der Waals surface area contributed by atoms with E-state index >= 15 is 0 Å². The van der Waals surface area contributed by atoms with Gasteiger partial charge in [0.05, 0.1) is 6.54 Å². The largest absolute Gasteiger partial charge is 0.454 e. The molecule has 0 aliphatic heterocycles. The summed E-state index contributed by atoms with van der Waals surface area (Å²) in [7, 11) is 0. The highest BCUT2D eigenvalue weighted by atomic mass is 19.4. The zero-order valence-electron chi connectivity index (χ0n) is 14.7. The second kappa shape index (κ2) is 8.60. The lowest BCUT2D eigenvalue weighted by Gasteiger charge is -2.20. The predicted molar refractivity (Wildman–Crippen MR) is 94.7 cm³/mol. The number of carbonyl (C=O) groups is 3. The van der Waals surface area contributed by atoms with E-state index in [1.807, 2.05) is 0 Å². The van der Waals surface area contributed by atoms with E-state index in [4.69, 9.17) is 0 Å². The molecule has 0 unspecified atom stereocenters. The number of rotatable bonds is 7. The normalized spacial score (nSPS) is 11.5. The van der Waals surface area contributed by atoms with Crippen LogP contribution in [0.2, 0.25) is 0 Å². The van der Waals surface area contributed by atoms with E-state index in [0.29, 0.717) is 6.08 Å². The average molecular weight is 393 g/mol. The van der Waals surface area contributed by atoms with E-state index in [1.165, 1.54) is 43.3 Å². The summed E-state index contributed by atoms with van der Waals surface area (Å²) in [4.78, 5) is 36.2. The van der Waals surface area contributed by atoms with Crippen molar-refractivity contribution in [3.63, 3.8) is 0 Å². The number of hydrogen-bond donors (Lipinski definition) is 0. The molecule has 0 spiro atoms. The van der Waals surface area contributed by atoms with Crippen LogP contribution >= 0.6 is 0 Å². The van der Waals surface area contributed by atoms with Crippen molar-refractivity contribution in [1.82, 2.24) is 0 Å². The number of hydrogen-bond acceptors (Lipinski definition) is 4. The molecule has 0 N–H and O–H groups in total. The summed E-state index contributed by atoms with van der Waals surface area (Å²) < 4.78 is 50.4. The van der Waals surface area contributed by atoms with Crippen molar-refractivity contribution in [3.05, 3.63) is 77.8 Å². The topological polar surface area (TPSA) is 54.5 Å². The Morgan fingerprint density at radius 1 is 1.00 bits per heavy atom. The highest BCUT2D eigenvalue weighted by Gasteiger charge is 2.36. The van der Waals surface area contributed by atoms with E-state index in [0.717, 1.165) is 23.2 Å². The lowest BCUT2D eigenvalue weighted by Crippen LogP contribution is -2.27. The fraction of sp³-hybridized carbons (Fsp3) is 0.150. The first kappa shape index (κ1) is 21.0. The van der Waals surface area contributed by atoms with Crippen molar-refractivity contribution in [2.24, 2.45) is 0 Å². The molecule has 4 nitrogen and oxygen atoms in total. The molecule has 0 bridgehead atoms. The van der Waals surface area contributed by atoms with Gasteiger partial charge in [0.1, 0.15) is 5.82 Å². The maximum absolute atomic E-state index is 13.0. The molecular weight excluding hydrogens is 378 g/mol. The van der Waals surface area contributed by atoms with Crippen LogP contribution in [0.25, 0.3) is 0 Å². The molecular formula is C20H15F4NO3. The monoisotopic (exact) mass is 393 g/mol. The van der Waals surface area contributed by atoms with Crippen molar-refractivity contribution in [3.8, 4) is 0 Å². The third kappa shape index (κ3) is 5.60. The van der Waals surface area contributed by atoms with Gasteiger partial charge in [0.15, 0.2) is 11.6 Å². The molecule has 0 saturated carbocycles. The predicted octanol–water partition coefficient (Wildman–Crippen LogP) is 4.36. The molecule has 0 aliphatic carbocycles.